The van der Waals surface area contributed by atoms with E-state index in [1.165, 1.54) is 31.2 Å². The van der Waals surface area contributed by atoms with Gasteiger partial charge in [0.05, 0.1) is 25.8 Å². The minimum absolute atomic E-state index is 0.438. The quantitative estimate of drug-likeness (QED) is 0.909. The first-order chi connectivity index (χ1) is 9.28. The van der Waals surface area contributed by atoms with E-state index in [1.54, 1.807) is 0 Å². The van der Waals surface area contributed by atoms with Gasteiger partial charge in [0.15, 0.2) is 0 Å². The molecule has 2 fully saturated rings. The van der Waals surface area contributed by atoms with Crippen LogP contribution in [0.25, 0.3) is 0 Å². The first-order valence-electron chi connectivity index (χ1n) is 7.42. The molecule has 1 aliphatic heterocycles. The fourth-order valence-corrected chi connectivity index (χ4v) is 3.44. The van der Waals surface area contributed by atoms with E-state index < -0.39 is 0 Å². The van der Waals surface area contributed by atoms with Crippen LogP contribution < -0.4 is 5.73 Å². The number of morpholine rings is 1. The molecule has 4 nitrogen and oxygen atoms in total. The van der Waals surface area contributed by atoms with Crippen LogP contribution in [-0.4, -0.2) is 30.2 Å². The van der Waals surface area contributed by atoms with E-state index >= 15 is 0 Å². The molecule has 3 rings (SSSR count). The van der Waals surface area contributed by atoms with E-state index in [0.717, 1.165) is 31.2 Å². The van der Waals surface area contributed by atoms with Gasteiger partial charge in [-0.3, -0.25) is 4.90 Å². The highest BCUT2D eigenvalue weighted by atomic mass is 16.5. The Labute approximate surface area is 114 Å². The first kappa shape index (κ1) is 13.2. The van der Waals surface area contributed by atoms with Gasteiger partial charge in [0.1, 0.15) is 11.5 Å². The van der Waals surface area contributed by atoms with Gasteiger partial charge in [-0.05, 0) is 31.4 Å². The zero-order valence-electron chi connectivity index (χ0n) is 11.7. The third-order valence-corrected chi connectivity index (χ3v) is 4.46. The van der Waals surface area contributed by atoms with Crippen molar-refractivity contribution in [2.45, 2.75) is 57.8 Å². The van der Waals surface area contributed by atoms with Gasteiger partial charge in [-0.1, -0.05) is 12.8 Å². The summed E-state index contributed by atoms with van der Waals surface area (Å²) in [5, 5.41) is 0. The fraction of sp³-hybridized carbons (Fsp3) is 0.733. The summed E-state index contributed by atoms with van der Waals surface area (Å²) in [6.45, 7) is 5.31. The molecule has 1 aromatic rings. The van der Waals surface area contributed by atoms with Crippen LogP contribution >= 0.6 is 0 Å². The second-order valence-electron chi connectivity index (χ2n) is 5.75. The molecule has 106 valence electrons. The van der Waals surface area contributed by atoms with Crippen LogP contribution in [-0.2, 0) is 17.8 Å². The average Bonchev–Trinajstić information content (AvgIpc) is 2.79. The smallest absolute Gasteiger partial charge is 0.120 e. The molecule has 2 N–H and O–H groups in total. The zero-order chi connectivity index (χ0) is 13.2. The summed E-state index contributed by atoms with van der Waals surface area (Å²) < 4.78 is 11.7. The van der Waals surface area contributed by atoms with Crippen LogP contribution in [0.1, 0.15) is 42.8 Å². The van der Waals surface area contributed by atoms with Gasteiger partial charge < -0.3 is 14.9 Å². The molecule has 2 atom stereocenters. The second-order valence-corrected chi connectivity index (χ2v) is 5.75. The molecule has 2 heterocycles. The van der Waals surface area contributed by atoms with Crippen LogP contribution in [0.15, 0.2) is 10.5 Å². The second kappa shape index (κ2) is 5.65. The summed E-state index contributed by atoms with van der Waals surface area (Å²) in [6.07, 6.45) is 5.55. The van der Waals surface area contributed by atoms with Crippen LogP contribution in [0.4, 0.5) is 0 Å². The van der Waals surface area contributed by atoms with Crippen LogP contribution in [0.2, 0.25) is 0 Å². The molecule has 2 unspecified atom stereocenters. The van der Waals surface area contributed by atoms with Crippen molar-refractivity contribution in [3.8, 4) is 0 Å². The van der Waals surface area contributed by atoms with Crippen LogP contribution in [0, 0.1) is 6.92 Å². The number of nitrogens with two attached hydrogens (primary N) is 1. The Hall–Kier alpha value is -0.840. The standard InChI is InChI=1S/C15H24N2O2/c1-11-8-12(19-15(11)9-16)10-17-6-7-18-14-5-3-2-4-13(14)17/h8,13-14H,2-7,9-10,16H2,1H3. The van der Waals surface area contributed by atoms with E-state index in [9.17, 15) is 0 Å². The predicted octanol–water partition coefficient (Wildman–Crippen LogP) is 2.19. The average molecular weight is 264 g/mol. The maximum absolute atomic E-state index is 5.91. The van der Waals surface area contributed by atoms with Gasteiger partial charge in [-0.2, -0.15) is 0 Å². The van der Waals surface area contributed by atoms with Gasteiger partial charge in [0.2, 0.25) is 0 Å². The van der Waals surface area contributed by atoms with E-state index in [4.69, 9.17) is 14.9 Å². The lowest BCUT2D eigenvalue weighted by molar-refractivity contribution is -0.0927. The molecule has 2 aliphatic rings. The molecule has 1 aromatic heterocycles. The van der Waals surface area contributed by atoms with Gasteiger partial charge in [0.25, 0.3) is 0 Å². The Morgan fingerprint density at radius 3 is 3.00 bits per heavy atom. The lowest BCUT2D eigenvalue weighted by atomic mass is 9.90. The normalized spacial score (nSPS) is 28.3. The summed E-state index contributed by atoms with van der Waals surface area (Å²) in [7, 11) is 0. The third kappa shape index (κ3) is 2.71. The molecule has 0 aromatic carbocycles. The number of hydrogen-bond acceptors (Lipinski definition) is 4. The van der Waals surface area contributed by atoms with Crippen molar-refractivity contribution in [3.05, 3.63) is 23.2 Å². The van der Waals surface area contributed by atoms with Gasteiger partial charge in [-0.15, -0.1) is 0 Å². The molecular formula is C15H24N2O2. The number of fused-ring (bicyclic) bond motifs is 1. The largest absolute Gasteiger partial charge is 0.463 e. The fourth-order valence-electron chi connectivity index (χ4n) is 3.44. The van der Waals surface area contributed by atoms with E-state index in [2.05, 4.69) is 17.9 Å². The summed E-state index contributed by atoms with van der Waals surface area (Å²) in [5.74, 6) is 1.97. The Morgan fingerprint density at radius 2 is 2.21 bits per heavy atom. The molecular weight excluding hydrogens is 240 g/mol. The van der Waals surface area contributed by atoms with E-state index in [0.29, 0.717) is 18.7 Å². The molecule has 0 bridgehead atoms. The van der Waals surface area contributed by atoms with Crippen LogP contribution in [0.5, 0.6) is 0 Å². The SMILES string of the molecule is Cc1cc(CN2CCOC3CCCCC32)oc1CN. The molecule has 1 saturated heterocycles. The first-order valence-corrected chi connectivity index (χ1v) is 7.42. The minimum atomic E-state index is 0.438. The molecule has 1 aliphatic carbocycles. The van der Waals surface area contributed by atoms with Crippen molar-refractivity contribution >= 4 is 0 Å². The monoisotopic (exact) mass is 264 g/mol. The minimum Gasteiger partial charge on any atom is -0.463 e. The number of rotatable bonds is 3. The summed E-state index contributed by atoms with van der Waals surface area (Å²) in [6, 6.07) is 2.71. The van der Waals surface area contributed by atoms with Crippen LogP contribution in [0.3, 0.4) is 0 Å². The summed E-state index contributed by atoms with van der Waals surface area (Å²) >= 11 is 0. The Bertz CT molecular complexity index is 428. The highest BCUT2D eigenvalue weighted by Crippen LogP contribution is 2.30. The van der Waals surface area contributed by atoms with Gasteiger partial charge >= 0.3 is 0 Å². The highest BCUT2D eigenvalue weighted by Gasteiger charge is 2.34. The van der Waals surface area contributed by atoms with Crippen molar-refractivity contribution < 1.29 is 9.15 Å². The number of hydrogen-bond donors (Lipinski definition) is 1. The topological polar surface area (TPSA) is 51.6 Å². The van der Waals surface area contributed by atoms with Crippen molar-refractivity contribution in [3.63, 3.8) is 0 Å². The summed E-state index contributed by atoms with van der Waals surface area (Å²) in [5.41, 5.74) is 6.85. The van der Waals surface area contributed by atoms with Gasteiger partial charge in [-0.25, -0.2) is 0 Å². The number of furan rings is 1. The van der Waals surface area contributed by atoms with Gasteiger partial charge in [0, 0.05) is 12.6 Å². The van der Waals surface area contributed by atoms with Crippen molar-refractivity contribution in [1.82, 2.24) is 4.90 Å². The number of ether oxygens (including phenoxy) is 1. The number of aryl methyl sites for hydroxylation is 1. The Kier molecular flexibility index (Phi) is 3.91. The molecule has 0 spiro atoms. The molecule has 0 amide bonds. The lowest BCUT2D eigenvalue weighted by Gasteiger charge is -2.43. The lowest BCUT2D eigenvalue weighted by Crippen LogP contribution is -2.52. The Balaban J connectivity index is 1.70. The Morgan fingerprint density at radius 1 is 1.37 bits per heavy atom. The number of nitrogens with zero attached hydrogens (tertiary/aromatic N) is 1. The molecule has 0 radical (unpaired) electrons. The summed E-state index contributed by atoms with van der Waals surface area (Å²) in [4.78, 5) is 2.53. The highest BCUT2D eigenvalue weighted by molar-refractivity contribution is 5.20. The van der Waals surface area contributed by atoms with Crippen molar-refractivity contribution in [1.29, 1.82) is 0 Å². The maximum Gasteiger partial charge on any atom is 0.120 e. The van der Waals surface area contributed by atoms with E-state index in [1.807, 2.05) is 0 Å². The maximum atomic E-state index is 5.91. The zero-order valence-corrected chi connectivity index (χ0v) is 11.7. The predicted molar refractivity (Wildman–Crippen MR) is 73.7 cm³/mol. The third-order valence-electron chi connectivity index (χ3n) is 4.46. The van der Waals surface area contributed by atoms with Crippen molar-refractivity contribution in [2.75, 3.05) is 13.2 Å². The van der Waals surface area contributed by atoms with Crippen molar-refractivity contribution in [2.24, 2.45) is 5.73 Å². The van der Waals surface area contributed by atoms with E-state index in [-0.39, 0.29) is 0 Å². The molecule has 4 heteroatoms. The molecule has 19 heavy (non-hydrogen) atoms. The molecule has 1 saturated carbocycles.